The Kier molecular flexibility index (Phi) is 5.81. The van der Waals surface area contributed by atoms with Crippen LogP contribution in [0.3, 0.4) is 0 Å². The summed E-state index contributed by atoms with van der Waals surface area (Å²) in [4.78, 5) is 15.1. The number of piperidine rings is 1. The lowest BCUT2D eigenvalue weighted by Crippen LogP contribution is -2.53. The maximum absolute atomic E-state index is 13.1. The van der Waals surface area contributed by atoms with Crippen LogP contribution in [0.15, 0.2) is 57.9 Å². The Hall–Kier alpha value is -1.35. The van der Waals surface area contributed by atoms with Gasteiger partial charge in [-0.3, -0.25) is 4.79 Å². The predicted molar refractivity (Wildman–Crippen MR) is 120 cm³/mol. The highest BCUT2D eigenvalue weighted by Gasteiger charge is 2.48. The van der Waals surface area contributed by atoms with Gasteiger partial charge in [-0.25, -0.2) is 8.42 Å². The summed E-state index contributed by atoms with van der Waals surface area (Å²) in [5.74, 6) is 0.907. The zero-order valence-electron chi connectivity index (χ0n) is 16.2. The normalized spacial score (nSPS) is 19.6. The quantitative estimate of drug-likeness (QED) is 0.643. The van der Waals surface area contributed by atoms with Gasteiger partial charge < -0.3 is 4.90 Å². The Morgan fingerprint density at radius 1 is 1.00 bits per heavy atom. The number of hydrogen-bond acceptors (Lipinski definition) is 4. The Labute approximate surface area is 184 Å². The van der Waals surface area contributed by atoms with Gasteiger partial charge in [0.15, 0.2) is 0 Å². The molecule has 2 aromatic carbocycles. The number of hydrogen-bond donors (Lipinski definition) is 0. The smallest absolute Gasteiger partial charge is 0.254 e. The summed E-state index contributed by atoms with van der Waals surface area (Å²) in [7, 11) is -3.50. The van der Waals surface area contributed by atoms with Crippen molar-refractivity contribution in [2.45, 2.75) is 29.5 Å². The summed E-state index contributed by atoms with van der Waals surface area (Å²) in [6, 6.07) is 14.4. The number of halogens is 1. The summed E-state index contributed by atoms with van der Waals surface area (Å²) < 4.78 is 28.5. The van der Waals surface area contributed by atoms with E-state index in [2.05, 4.69) is 15.9 Å². The molecule has 0 unspecified atom stereocenters. The molecule has 0 bridgehead atoms. The number of aryl methyl sites for hydroxylation is 1. The van der Waals surface area contributed by atoms with E-state index in [4.69, 9.17) is 0 Å². The largest absolute Gasteiger partial charge is 0.323 e. The van der Waals surface area contributed by atoms with Crippen LogP contribution in [0.4, 0.5) is 0 Å². The van der Waals surface area contributed by atoms with E-state index in [9.17, 15) is 13.2 Å². The number of benzene rings is 2. The summed E-state index contributed by atoms with van der Waals surface area (Å²) in [6.45, 7) is 3.49. The molecular weight excluding hydrogens is 472 g/mol. The first-order valence-electron chi connectivity index (χ1n) is 9.60. The highest BCUT2D eigenvalue weighted by molar-refractivity contribution is 9.10. The number of rotatable bonds is 3. The van der Waals surface area contributed by atoms with Gasteiger partial charge >= 0.3 is 0 Å². The van der Waals surface area contributed by atoms with Crippen molar-refractivity contribution in [1.82, 2.24) is 9.21 Å². The van der Waals surface area contributed by atoms with E-state index in [0.717, 1.165) is 15.8 Å². The SMILES string of the molecule is Cc1ccc(S(=O)(=O)N2CCC3(CC2)SCCN3C(=O)c2ccc(Br)cc2)cc1. The highest BCUT2D eigenvalue weighted by Crippen LogP contribution is 2.45. The number of thioether (sulfide) groups is 1. The summed E-state index contributed by atoms with van der Waals surface area (Å²) in [5.41, 5.74) is 1.70. The van der Waals surface area contributed by atoms with Crippen LogP contribution in [-0.4, -0.2) is 53.8 Å². The molecule has 0 aliphatic carbocycles. The molecule has 2 heterocycles. The third-order valence-corrected chi connectivity index (χ3v) is 9.67. The van der Waals surface area contributed by atoms with Gasteiger partial charge in [-0.2, -0.15) is 4.31 Å². The van der Waals surface area contributed by atoms with Crippen LogP contribution in [0.1, 0.15) is 28.8 Å². The van der Waals surface area contributed by atoms with Gasteiger partial charge in [0.05, 0.1) is 9.77 Å². The highest BCUT2D eigenvalue weighted by atomic mass is 79.9. The average molecular weight is 495 g/mol. The fourth-order valence-corrected chi connectivity index (χ4v) is 7.15. The zero-order valence-corrected chi connectivity index (χ0v) is 19.4. The number of nitrogens with zero attached hydrogens (tertiary/aromatic N) is 2. The molecule has 2 fully saturated rings. The van der Waals surface area contributed by atoms with Crippen molar-refractivity contribution >= 4 is 43.6 Å². The fourth-order valence-electron chi connectivity index (χ4n) is 3.99. The third kappa shape index (κ3) is 4.00. The topological polar surface area (TPSA) is 57.7 Å². The van der Waals surface area contributed by atoms with Crippen LogP contribution in [0.25, 0.3) is 0 Å². The second-order valence-electron chi connectivity index (χ2n) is 7.48. The first kappa shape index (κ1) is 20.9. The van der Waals surface area contributed by atoms with E-state index in [1.165, 1.54) is 0 Å². The maximum atomic E-state index is 13.1. The van der Waals surface area contributed by atoms with Crippen molar-refractivity contribution in [3.63, 3.8) is 0 Å². The van der Waals surface area contributed by atoms with E-state index in [1.807, 2.05) is 48.2 Å². The molecule has 0 aromatic heterocycles. The monoisotopic (exact) mass is 494 g/mol. The van der Waals surface area contributed by atoms with Crippen LogP contribution in [0, 0.1) is 6.92 Å². The van der Waals surface area contributed by atoms with Gasteiger partial charge in [0.25, 0.3) is 5.91 Å². The molecule has 2 aliphatic heterocycles. The molecule has 0 atom stereocenters. The van der Waals surface area contributed by atoms with Crippen molar-refractivity contribution < 1.29 is 13.2 Å². The van der Waals surface area contributed by atoms with E-state index >= 15 is 0 Å². The van der Waals surface area contributed by atoms with Crippen molar-refractivity contribution in [1.29, 1.82) is 0 Å². The van der Waals surface area contributed by atoms with Crippen LogP contribution in [0.2, 0.25) is 0 Å². The second-order valence-corrected chi connectivity index (χ2v) is 11.8. The molecule has 0 radical (unpaired) electrons. The zero-order chi connectivity index (χ0) is 20.6. The molecule has 2 aromatic rings. The summed E-state index contributed by atoms with van der Waals surface area (Å²) in [5, 5.41) is 0. The molecule has 0 saturated carbocycles. The van der Waals surface area contributed by atoms with Gasteiger partial charge in [0.1, 0.15) is 0 Å². The third-order valence-electron chi connectivity index (χ3n) is 5.68. The molecule has 8 heteroatoms. The van der Waals surface area contributed by atoms with Crippen molar-refractivity contribution in [2.75, 3.05) is 25.4 Å². The molecular formula is C21H23BrN2O3S2. The Morgan fingerprint density at radius 3 is 2.24 bits per heavy atom. The standard InChI is InChI=1S/C21H23BrN2O3S2/c1-16-2-8-19(9-3-16)29(26,27)23-12-10-21(11-13-23)24(14-15-28-21)20(25)17-4-6-18(22)7-5-17/h2-9H,10-15H2,1H3. The fraction of sp³-hybridized carbons (Fsp3) is 0.381. The molecule has 0 N–H and O–H groups in total. The van der Waals surface area contributed by atoms with Gasteiger partial charge in [0, 0.05) is 35.4 Å². The van der Waals surface area contributed by atoms with Crippen molar-refractivity contribution in [3.8, 4) is 0 Å². The summed E-state index contributed by atoms with van der Waals surface area (Å²) >= 11 is 5.19. The minimum absolute atomic E-state index is 0.0253. The first-order valence-corrected chi connectivity index (χ1v) is 12.8. The molecule has 5 nitrogen and oxygen atoms in total. The lowest BCUT2D eigenvalue weighted by molar-refractivity contribution is 0.0605. The molecule has 1 spiro atoms. The Bertz CT molecular complexity index is 999. The van der Waals surface area contributed by atoms with Crippen molar-refractivity contribution in [3.05, 3.63) is 64.1 Å². The Balaban J connectivity index is 1.50. The minimum Gasteiger partial charge on any atom is -0.323 e. The number of carbonyl (C=O) groups excluding carboxylic acids is 1. The second kappa shape index (κ2) is 8.06. The van der Waals surface area contributed by atoms with E-state index in [0.29, 0.717) is 42.9 Å². The maximum Gasteiger partial charge on any atom is 0.254 e. The van der Waals surface area contributed by atoms with Gasteiger partial charge in [0.2, 0.25) is 10.0 Å². The lowest BCUT2D eigenvalue weighted by atomic mass is 10.0. The molecule has 2 saturated heterocycles. The average Bonchev–Trinajstić information content (AvgIpc) is 3.11. The van der Waals surface area contributed by atoms with Crippen molar-refractivity contribution in [2.24, 2.45) is 0 Å². The summed E-state index contributed by atoms with van der Waals surface area (Å²) in [6.07, 6.45) is 1.29. The van der Waals surface area contributed by atoms with E-state index in [-0.39, 0.29) is 10.8 Å². The van der Waals surface area contributed by atoms with Crippen LogP contribution >= 0.6 is 27.7 Å². The van der Waals surface area contributed by atoms with Gasteiger partial charge in [-0.15, -0.1) is 11.8 Å². The van der Waals surface area contributed by atoms with Crippen LogP contribution in [-0.2, 0) is 10.0 Å². The van der Waals surface area contributed by atoms with Crippen LogP contribution in [0.5, 0.6) is 0 Å². The molecule has 4 rings (SSSR count). The number of carbonyl (C=O) groups is 1. The molecule has 154 valence electrons. The molecule has 2 aliphatic rings. The minimum atomic E-state index is -3.50. The predicted octanol–water partition coefficient (Wildman–Crippen LogP) is 4.13. The molecule has 29 heavy (non-hydrogen) atoms. The van der Waals surface area contributed by atoms with E-state index < -0.39 is 10.0 Å². The Morgan fingerprint density at radius 2 is 1.62 bits per heavy atom. The van der Waals surface area contributed by atoms with E-state index in [1.54, 1.807) is 28.2 Å². The van der Waals surface area contributed by atoms with Gasteiger partial charge in [-0.1, -0.05) is 33.6 Å². The lowest BCUT2D eigenvalue weighted by Gasteiger charge is -2.43. The van der Waals surface area contributed by atoms with Gasteiger partial charge in [-0.05, 0) is 56.2 Å². The number of sulfonamides is 1. The molecule has 1 amide bonds. The van der Waals surface area contributed by atoms with Crippen LogP contribution < -0.4 is 0 Å². The first-order chi connectivity index (χ1) is 13.8. The number of amides is 1.